The number of benzene rings is 1. The van der Waals surface area contributed by atoms with Crippen LogP contribution in [0.25, 0.3) is 0 Å². The van der Waals surface area contributed by atoms with Crippen molar-refractivity contribution in [3.8, 4) is 0 Å². The minimum Gasteiger partial charge on any atom is -0.234 e. The van der Waals surface area contributed by atoms with Crippen LogP contribution in [-0.4, -0.2) is 14.7 Å². The standard InChI is InChI=1S/C12H15F2NOS/c1-8(15-17(16)12(2,3)4)10-7-9(13)5-6-11(10)14/h5-7H,1-4H3. The second-order valence-electron chi connectivity index (χ2n) is 4.66. The molecule has 0 fully saturated rings. The molecular weight excluding hydrogens is 244 g/mol. The van der Waals surface area contributed by atoms with Crippen LogP contribution in [0.5, 0.6) is 0 Å². The zero-order valence-corrected chi connectivity index (χ0v) is 11.1. The van der Waals surface area contributed by atoms with E-state index in [0.29, 0.717) is 0 Å². The van der Waals surface area contributed by atoms with Crippen LogP contribution in [0.2, 0.25) is 0 Å². The van der Waals surface area contributed by atoms with Crippen molar-refractivity contribution in [2.45, 2.75) is 32.4 Å². The van der Waals surface area contributed by atoms with Crippen molar-refractivity contribution in [3.05, 3.63) is 35.4 Å². The molecule has 5 heteroatoms. The predicted octanol–water partition coefficient (Wildman–Crippen LogP) is 3.24. The molecule has 0 amide bonds. The third-order valence-electron chi connectivity index (χ3n) is 2.06. The monoisotopic (exact) mass is 259 g/mol. The van der Waals surface area contributed by atoms with Gasteiger partial charge in [0.05, 0.1) is 10.5 Å². The molecule has 0 N–H and O–H groups in total. The highest BCUT2D eigenvalue weighted by Crippen LogP contribution is 2.16. The van der Waals surface area contributed by atoms with Gasteiger partial charge in [-0.3, -0.25) is 0 Å². The van der Waals surface area contributed by atoms with Crippen molar-refractivity contribution >= 4 is 16.7 Å². The summed E-state index contributed by atoms with van der Waals surface area (Å²) in [5, 5.41) is 0. The Morgan fingerprint density at radius 2 is 1.88 bits per heavy atom. The van der Waals surface area contributed by atoms with E-state index in [4.69, 9.17) is 0 Å². The lowest BCUT2D eigenvalue weighted by atomic mass is 10.1. The topological polar surface area (TPSA) is 29.4 Å². The van der Waals surface area contributed by atoms with Gasteiger partial charge in [0.1, 0.15) is 22.6 Å². The fourth-order valence-electron chi connectivity index (χ4n) is 1.09. The van der Waals surface area contributed by atoms with E-state index in [1.807, 2.05) is 0 Å². The Morgan fingerprint density at radius 3 is 2.41 bits per heavy atom. The van der Waals surface area contributed by atoms with E-state index in [-0.39, 0.29) is 11.3 Å². The van der Waals surface area contributed by atoms with Gasteiger partial charge in [0, 0.05) is 5.56 Å². The molecular formula is C12H15F2NOS. The van der Waals surface area contributed by atoms with Crippen LogP contribution in [0.15, 0.2) is 22.6 Å². The van der Waals surface area contributed by atoms with Gasteiger partial charge in [0.15, 0.2) is 0 Å². The number of halogens is 2. The summed E-state index contributed by atoms with van der Waals surface area (Å²) in [6, 6.07) is 3.12. The summed E-state index contributed by atoms with van der Waals surface area (Å²) in [6.45, 7) is 6.81. The van der Waals surface area contributed by atoms with E-state index in [1.54, 1.807) is 20.8 Å². The fourth-order valence-corrected chi connectivity index (χ4v) is 1.71. The molecule has 0 aliphatic heterocycles. The number of nitrogens with zero attached hydrogens (tertiary/aromatic N) is 1. The van der Waals surface area contributed by atoms with Gasteiger partial charge in [-0.1, -0.05) is 0 Å². The van der Waals surface area contributed by atoms with Crippen LogP contribution in [0.1, 0.15) is 33.3 Å². The Balaban J connectivity index is 3.12. The molecule has 0 aliphatic rings. The molecule has 94 valence electrons. The Labute approximate surface area is 102 Å². The first kappa shape index (κ1) is 14.0. The Hall–Kier alpha value is -1.10. The van der Waals surface area contributed by atoms with Crippen LogP contribution in [0.3, 0.4) is 0 Å². The van der Waals surface area contributed by atoms with Gasteiger partial charge in [0.2, 0.25) is 0 Å². The highest BCUT2D eigenvalue weighted by atomic mass is 32.2. The molecule has 1 unspecified atom stereocenters. The molecule has 0 heterocycles. The average molecular weight is 259 g/mol. The second kappa shape index (κ2) is 5.04. The third kappa shape index (κ3) is 3.70. The highest BCUT2D eigenvalue weighted by Gasteiger charge is 2.19. The Kier molecular flexibility index (Phi) is 4.14. The van der Waals surface area contributed by atoms with E-state index in [9.17, 15) is 13.0 Å². The van der Waals surface area contributed by atoms with Crippen molar-refractivity contribution in [2.75, 3.05) is 0 Å². The minimum absolute atomic E-state index is 0.0441. The van der Waals surface area contributed by atoms with Gasteiger partial charge in [-0.25, -0.2) is 13.0 Å². The Bertz CT molecular complexity index is 478. The van der Waals surface area contributed by atoms with Crippen LogP contribution < -0.4 is 0 Å². The number of hydrogen-bond acceptors (Lipinski definition) is 1. The van der Waals surface area contributed by atoms with E-state index in [2.05, 4.69) is 4.40 Å². The first-order valence-electron chi connectivity index (χ1n) is 5.14. The molecule has 17 heavy (non-hydrogen) atoms. The van der Waals surface area contributed by atoms with Crippen LogP contribution in [-0.2, 0) is 11.0 Å². The largest absolute Gasteiger partial charge is 0.234 e. The van der Waals surface area contributed by atoms with Gasteiger partial charge >= 0.3 is 0 Å². The summed E-state index contributed by atoms with van der Waals surface area (Å²) in [4.78, 5) is 0. The molecule has 0 radical (unpaired) electrons. The smallest absolute Gasteiger partial charge is 0.145 e. The normalized spacial score (nSPS) is 14.8. The average Bonchev–Trinajstić information content (AvgIpc) is 2.20. The van der Waals surface area contributed by atoms with Gasteiger partial charge < -0.3 is 0 Å². The maximum absolute atomic E-state index is 13.4. The fraction of sp³-hybridized carbons (Fsp3) is 0.417. The van der Waals surface area contributed by atoms with Gasteiger partial charge in [-0.15, -0.1) is 0 Å². The summed E-state index contributed by atoms with van der Waals surface area (Å²) in [7, 11) is -1.48. The predicted molar refractivity (Wildman–Crippen MR) is 66.5 cm³/mol. The van der Waals surface area contributed by atoms with E-state index >= 15 is 0 Å². The molecule has 1 aromatic rings. The van der Waals surface area contributed by atoms with Crippen molar-refractivity contribution in [1.29, 1.82) is 0 Å². The third-order valence-corrected chi connectivity index (χ3v) is 3.55. The summed E-state index contributed by atoms with van der Waals surface area (Å²) in [6.07, 6.45) is 0. The molecule has 1 rings (SSSR count). The molecule has 0 spiro atoms. The Morgan fingerprint density at radius 1 is 1.29 bits per heavy atom. The van der Waals surface area contributed by atoms with Crippen molar-refractivity contribution in [3.63, 3.8) is 0 Å². The molecule has 2 nitrogen and oxygen atoms in total. The molecule has 1 aromatic carbocycles. The first-order valence-corrected chi connectivity index (χ1v) is 6.25. The summed E-state index contributed by atoms with van der Waals surface area (Å²) < 4.78 is 41.5. The van der Waals surface area contributed by atoms with E-state index < -0.39 is 27.4 Å². The minimum atomic E-state index is -1.48. The van der Waals surface area contributed by atoms with Gasteiger partial charge in [0.25, 0.3) is 0 Å². The lowest BCUT2D eigenvalue weighted by Gasteiger charge is -2.14. The van der Waals surface area contributed by atoms with Gasteiger partial charge in [-0.05, 0) is 45.9 Å². The van der Waals surface area contributed by atoms with E-state index in [0.717, 1.165) is 18.2 Å². The second-order valence-corrected chi connectivity index (χ2v) is 6.57. The van der Waals surface area contributed by atoms with Gasteiger partial charge in [-0.2, -0.15) is 4.40 Å². The lowest BCUT2D eigenvalue weighted by Crippen LogP contribution is -2.20. The van der Waals surface area contributed by atoms with Crippen LogP contribution in [0.4, 0.5) is 8.78 Å². The van der Waals surface area contributed by atoms with Crippen LogP contribution >= 0.6 is 0 Å². The lowest BCUT2D eigenvalue weighted by molar-refractivity contribution is 0.598. The molecule has 1 atom stereocenters. The van der Waals surface area contributed by atoms with E-state index in [1.165, 1.54) is 6.92 Å². The zero-order valence-electron chi connectivity index (χ0n) is 10.3. The number of rotatable bonds is 2. The molecule has 0 saturated heterocycles. The van der Waals surface area contributed by atoms with Crippen molar-refractivity contribution in [1.82, 2.24) is 0 Å². The summed E-state index contributed by atoms with van der Waals surface area (Å²) in [5.74, 6) is -1.11. The van der Waals surface area contributed by atoms with Crippen molar-refractivity contribution < 1.29 is 13.0 Å². The molecule has 0 bridgehead atoms. The first-order chi connectivity index (χ1) is 7.71. The molecule has 0 aliphatic carbocycles. The molecule has 0 aromatic heterocycles. The maximum atomic E-state index is 13.4. The highest BCUT2D eigenvalue weighted by molar-refractivity contribution is 7.85. The van der Waals surface area contributed by atoms with Crippen molar-refractivity contribution in [2.24, 2.45) is 4.40 Å². The number of hydrogen-bond donors (Lipinski definition) is 0. The zero-order chi connectivity index (χ0) is 13.2. The maximum Gasteiger partial charge on any atom is 0.145 e. The molecule has 0 saturated carbocycles. The summed E-state index contributed by atoms with van der Waals surface area (Å²) >= 11 is 0. The SMILES string of the molecule is CC(=NS(=O)C(C)(C)C)c1cc(F)ccc1F. The van der Waals surface area contributed by atoms with Crippen LogP contribution in [0, 0.1) is 11.6 Å². The summed E-state index contributed by atoms with van der Waals surface area (Å²) in [5.41, 5.74) is 0.276. The quantitative estimate of drug-likeness (QED) is 0.750.